The normalized spacial score (nSPS) is 19.0. The maximum absolute atomic E-state index is 5.73. The van der Waals surface area contributed by atoms with Crippen LogP contribution in [0.4, 0.5) is 0 Å². The Morgan fingerprint density at radius 1 is 1.57 bits per heavy atom. The lowest BCUT2D eigenvalue weighted by Gasteiger charge is -2.26. The lowest BCUT2D eigenvalue weighted by molar-refractivity contribution is 0.0191. The second-order valence-corrected chi connectivity index (χ2v) is 6.19. The van der Waals surface area contributed by atoms with Crippen LogP contribution < -0.4 is 5.32 Å². The molecule has 2 rings (SSSR count). The number of hydrogen-bond acceptors (Lipinski definition) is 4. The van der Waals surface area contributed by atoms with Crippen molar-refractivity contribution in [3.63, 3.8) is 0 Å². The molecule has 1 aromatic heterocycles. The van der Waals surface area contributed by atoms with Crippen molar-refractivity contribution in [3.05, 3.63) is 16.1 Å². The SMILES string of the molecule is CN=C(NCC1CCCCO1)N(C)Cc1csc(C)n1.I. The summed E-state index contributed by atoms with van der Waals surface area (Å²) in [7, 11) is 3.85. The van der Waals surface area contributed by atoms with Gasteiger partial charge in [-0.3, -0.25) is 4.99 Å². The fourth-order valence-corrected chi connectivity index (χ4v) is 2.96. The quantitative estimate of drug-likeness (QED) is 0.459. The van der Waals surface area contributed by atoms with E-state index in [4.69, 9.17) is 4.74 Å². The minimum Gasteiger partial charge on any atom is -0.376 e. The predicted molar refractivity (Wildman–Crippen MR) is 98.7 cm³/mol. The molecule has 1 aliphatic rings. The van der Waals surface area contributed by atoms with Crippen LogP contribution in [0.2, 0.25) is 0 Å². The van der Waals surface area contributed by atoms with Gasteiger partial charge in [0.15, 0.2) is 5.96 Å². The van der Waals surface area contributed by atoms with Crippen LogP contribution in [0, 0.1) is 6.92 Å². The Kier molecular flexibility index (Phi) is 8.50. The van der Waals surface area contributed by atoms with Crippen LogP contribution in [0.1, 0.15) is 30.0 Å². The van der Waals surface area contributed by atoms with Crippen LogP contribution in [0.5, 0.6) is 0 Å². The third kappa shape index (κ3) is 6.07. The Morgan fingerprint density at radius 2 is 2.38 bits per heavy atom. The molecule has 21 heavy (non-hydrogen) atoms. The first-order valence-corrected chi connectivity index (χ1v) is 8.01. The molecule has 1 unspecified atom stereocenters. The van der Waals surface area contributed by atoms with E-state index in [1.807, 2.05) is 21.0 Å². The molecule has 2 heterocycles. The molecule has 7 heteroatoms. The monoisotopic (exact) mass is 424 g/mol. The van der Waals surface area contributed by atoms with Crippen molar-refractivity contribution in [2.45, 2.75) is 38.8 Å². The molecular formula is C14H25IN4OS. The number of guanidine groups is 1. The molecule has 0 saturated carbocycles. The number of ether oxygens (including phenoxy) is 1. The van der Waals surface area contributed by atoms with Crippen LogP contribution in [-0.4, -0.2) is 49.2 Å². The van der Waals surface area contributed by atoms with Gasteiger partial charge in [-0.1, -0.05) is 0 Å². The Morgan fingerprint density at radius 3 is 2.95 bits per heavy atom. The topological polar surface area (TPSA) is 49.8 Å². The second-order valence-electron chi connectivity index (χ2n) is 5.13. The highest BCUT2D eigenvalue weighted by Gasteiger charge is 2.15. The Bertz CT molecular complexity index is 446. The van der Waals surface area contributed by atoms with E-state index in [0.717, 1.165) is 42.8 Å². The van der Waals surface area contributed by atoms with Crippen LogP contribution in [-0.2, 0) is 11.3 Å². The number of aliphatic imine (C=N–C) groups is 1. The van der Waals surface area contributed by atoms with Crippen molar-refractivity contribution >= 4 is 41.3 Å². The van der Waals surface area contributed by atoms with Gasteiger partial charge in [0.25, 0.3) is 0 Å². The maximum atomic E-state index is 5.73. The first-order valence-electron chi connectivity index (χ1n) is 7.13. The zero-order chi connectivity index (χ0) is 14.4. The predicted octanol–water partition coefficient (Wildman–Crippen LogP) is 2.65. The van der Waals surface area contributed by atoms with Gasteiger partial charge < -0.3 is 15.0 Å². The number of hydrogen-bond donors (Lipinski definition) is 1. The van der Waals surface area contributed by atoms with E-state index in [1.54, 1.807) is 11.3 Å². The summed E-state index contributed by atoms with van der Waals surface area (Å²) in [6.45, 7) is 4.52. The molecule has 0 bridgehead atoms. The largest absolute Gasteiger partial charge is 0.376 e. The van der Waals surface area contributed by atoms with Gasteiger partial charge >= 0.3 is 0 Å². The summed E-state index contributed by atoms with van der Waals surface area (Å²) < 4.78 is 5.73. The molecular weight excluding hydrogens is 399 g/mol. The number of nitrogens with zero attached hydrogens (tertiary/aromatic N) is 3. The van der Waals surface area contributed by atoms with Crippen molar-refractivity contribution in [2.24, 2.45) is 4.99 Å². The molecule has 5 nitrogen and oxygen atoms in total. The first-order chi connectivity index (χ1) is 9.69. The van der Waals surface area contributed by atoms with E-state index in [1.165, 1.54) is 12.8 Å². The van der Waals surface area contributed by atoms with E-state index in [0.29, 0.717) is 6.10 Å². The minimum atomic E-state index is 0. The van der Waals surface area contributed by atoms with E-state index < -0.39 is 0 Å². The second kappa shape index (κ2) is 9.58. The molecule has 1 aromatic rings. The summed E-state index contributed by atoms with van der Waals surface area (Å²) in [5.74, 6) is 0.893. The third-order valence-electron chi connectivity index (χ3n) is 3.40. The molecule has 1 saturated heterocycles. The Labute approximate surface area is 148 Å². The maximum Gasteiger partial charge on any atom is 0.193 e. The number of aryl methyl sites for hydroxylation is 1. The summed E-state index contributed by atoms with van der Waals surface area (Å²) in [6, 6.07) is 0. The third-order valence-corrected chi connectivity index (χ3v) is 4.22. The summed E-state index contributed by atoms with van der Waals surface area (Å²) in [5, 5.41) is 6.60. The van der Waals surface area contributed by atoms with Crippen molar-refractivity contribution in [2.75, 3.05) is 27.2 Å². The Balaban J connectivity index is 0.00000220. The molecule has 1 atom stereocenters. The van der Waals surface area contributed by atoms with Crippen molar-refractivity contribution in [3.8, 4) is 0 Å². The minimum absolute atomic E-state index is 0. The van der Waals surface area contributed by atoms with E-state index in [2.05, 4.69) is 25.6 Å². The first kappa shape index (κ1) is 18.6. The molecule has 0 spiro atoms. The van der Waals surface area contributed by atoms with E-state index >= 15 is 0 Å². The molecule has 0 aliphatic carbocycles. The fraction of sp³-hybridized carbons (Fsp3) is 0.714. The van der Waals surface area contributed by atoms with Crippen LogP contribution in [0.25, 0.3) is 0 Å². The summed E-state index contributed by atoms with van der Waals surface area (Å²) in [4.78, 5) is 10.9. The zero-order valence-corrected chi connectivity index (χ0v) is 16.1. The van der Waals surface area contributed by atoms with Gasteiger partial charge in [-0.15, -0.1) is 35.3 Å². The highest BCUT2D eigenvalue weighted by atomic mass is 127. The van der Waals surface area contributed by atoms with Crippen LogP contribution in [0.3, 0.4) is 0 Å². The molecule has 120 valence electrons. The average Bonchev–Trinajstić information content (AvgIpc) is 2.86. The van der Waals surface area contributed by atoms with Crippen molar-refractivity contribution in [1.29, 1.82) is 0 Å². The lowest BCUT2D eigenvalue weighted by atomic mass is 10.1. The molecule has 0 amide bonds. The zero-order valence-electron chi connectivity index (χ0n) is 13.0. The smallest absolute Gasteiger partial charge is 0.193 e. The molecule has 1 aliphatic heterocycles. The number of nitrogens with one attached hydrogen (secondary N) is 1. The highest BCUT2D eigenvalue weighted by Crippen LogP contribution is 2.12. The van der Waals surface area contributed by atoms with Gasteiger partial charge in [-0.05, 0) is 26.2 Å². The van der Waals surface area contributed by atoms with Crippen molar-refractivity contribution in [1.82, 2.24) is 15.2 Å². The highest BCUT2D eigenvalue weighted by molar-refractivity contribution is 14.0. The van der Waals surface area contributed by atoms with Gasteiger partial charge in [0.05, 0.1) is 23.4 Å². The van der Waals surface area contributed by atoms with E-state index in [-0.39, 0.29) is 24.0 Å². The van der Waals surface area contributed by atoms with Gasteiger partial charge in [0, 0.05) is 32.6 Å². The average molecular weight is 424 g/mol. The fourth-order valence-electron chi connectivity index (χ4n) is 2.36. The van der Waals surface area contributed by atoms with E-state index in [9.17, 15) is 0 Å². The Hall–Kier alpha value is -0.410. The van der Waals surface area contributed by atoms with Gasteiger partial charge in [0.1, 0.15) is 0 Å². The number of halogens is 1. The van der Waals surface area contributed by atoms with Gasteiger partial charge in [-0.2, -0.15) is 0 Å². The number of rotatable bonds is 4. The lowest BCUT2D eigenvalue weighted by Crippen LogP contribution is -2.43. The van der Waals surface area contributed by atoms with Crippen LogP contribution in [0.15, 0.2) is 10.4 Å². The molecule has 0 aromatic carbocycles. The van der Waals surface area contributed by atoms with Crippen LogP contribution >= 0.6 is 35.3 Å². The summed E-state index contributed by atoms with van der Waals surface area (Å²) >= 11 is 1.68. The standard InChI is InChI=1S/C14H24N4OS.HI/c1-11-17-12(10-20-11)9-18(3)14(15-2)16-8-13-6-4-5-7-19-13;/h10,13H,4-9H2,1-3H3,(H,15,16);1H. The van der Waals surface area contributed by atoms with Gasteiger partial charge in [-0.25, -0.2) is 4.98 Å². The molecule has 0 radical (unpaired) electrons. The van der Waals surface area contributed by atoms with Crippen molar-refractivity contribution < 1.29 is 4.74 Å². The number of aromatic nitrogens is 1. The molecule has 1 fully saturated rings. The summed E-state index contributed by atoms with van der Waals surface area (Å²) in [5.41, 5.74) is 1.09. The molecule has 1 N–H and O–H groups in total. The number of thiazole rings is 1. The van der Waals surface area contributed by atoms with Gasteiger partial charge in [0.2, 0.25) is 0 Å². The summed E-state index contributed by atoms with van der Waals surface area (Å²) in [6.07, 6.45) is 3.90.